The summed E-state index contributed by atoms with van der Waals surface area (Å²) in [4.78, 5) is 26.0. The average Bonchev–Trinajstić information content (AvgIpc) is 2.67. The third-order valence-electron chi connectivity index (χ3n) is 4.45. The number of benzene rings is 1. The number of hydrogen-bond donors (Lipinski definition) is 0. The minimum Gasteiger partial charge on any atom is -0.274 e. The van der Waals surface area contributed by atoms with Crippen molar-refractivity contribution in [1.82, 2.24) is 4.90 Å². The summed E-state index contributed by atoms with van der Waals surface area (Å²) in [5.41, 5.74) is 1.13. The van der Waals surface area contributed by atoms with Gasteiger partial charge in [-0.3, -0.25) is 14.5 Å². The van der Waals surface area contributed by atoms with E-state index in [0.29, 0.717) is 23.6 Å². The minimum atomic E-state index is -0.112. The van der Waals surface area contributed by atoms with Gasteiger partial charge in [0, 0.05) is 6.54 Å². The van der Waals surface area contributed by atoms with E-state index in [2.05, 4.69) is 6.92 Å². The van der Waals surface area contributed by atoms with Gasteiger partial charge in [-0.15, -0.1) is 0 Å². The van der Waals surface area contributed by atoms with Crippen molar-refractivity contribution in [1.29, 1.82) is 0 Å². The molecule has 100 valence electrons. The lowest BCUT2D eigenvalue weighted by Gasteiger charge is -2.28. The van der Waals surface area contributed by atoms with Crippen LogP contribution in [0.2, 0.25) is 0 Å². The molecule has 0 aromatic heterocycles. The Balaban J connectivity index is 1.74. The molecule has 0 spiro atoms. The topological polar surface area (TPSA) is 37.4 Å². The smallest absolute Gasteiger partial charge is 0.261 e. The molecule has 3 heteroatoms. The quantitative estimate of drug-likeness (QED) is 0.763. The average molecular weight is 257 g/mol. The van der Waals surface area contributed by atoms with Crippen LogP contribution in [0.25, 0.3) is 0 Å². The van der Waals surface area contributed by atoms with E-state index < -0.39 is 0 Å². The molecule has 0 N–H and O–H groups in total. The fraction of sp³-hybridized carbons (Fsp3) is 0.500. The molecule has 2 aliphatic rings. The zero-order valence-electron chi connectivity index (χ0n) is 11.3. The third kappa shape index (κ3) is 2.18. The molecule has 0 radical (unpaired) electrons. The van der Waals surface area contributed by atoms with Crippen molar-refractivity contribution in [3.8, 4) is 0 Å². The zero-order chi connectivity index (χ0) is 13.4. The number of carbonyl (C=O) groups is 2. The highest BCUT2D eigenvalue weighted by atomic mass is 16.2. The largest absolute Gasteiger partial charge is 0.274 e. The van der Waals surface area contributed by atoms with Crippen LogP contribution in [0, 0.1) is 11.8 Å². The van der Waals surface area contributed by atoms with Gasteiger partial charge in [-0.2, -0.15) is 0 Å². The molecule has 19 heavy (non-hydrogen) atoms. The first-order valence-corrected chi connectivity index (χ1v) is 7.12. The van der Waals surface area contributed by atoms with Crippen molar-refractivity contribution >= 4 is 11.8 Å². The summed E-state index contributed by atoms with van der Waals surface area (Å²) in [6.07, 6.45) is 4.70. The highest BCUT2D eigenvalue weighted by molar-refractivity contribution is 6.21. The van der Waals surface area contributed by atoms with Crippen molar-refractivity contribution in [3.63, 3.8) is 0 Å². The van der Waals surface area contributed by atoms with Crippen LogP contribution in [-0.2, 0) is 0 Å². The van der Waals surface area contributed by atoms with Crippen LogP contribution in [0.15, 0.2) is 24.3 Å². The second-order valence-electron chi connectivity index (χ2n) is 5.89. The molecule has 1 saturated carbocycles. The van der Waals surface area contributed by atoms with Crippen molar-refractivity contribution in [2.45, 2.75) is 32.6 Å². The second-order valence-corrected chi connectivity index (χ2v) is 5.89. The SMILES string of the molecule is C[C@H]1CC[C@H](CN2C(=O)c3ccccc3C2=O)CC1. The Hall–Kier alpha value is -1.64. The Morgan fingerprint density at radius 3 is 2.05 bits per heavy atom. The van der Waals surface area contributed by atoms with Crippen LogP contribution in [0.4, 0.5) is 0 Å². The summed E-state index contributed by atoms with van der Waals surface area (Å²) < 4.78 is 0. The van der Waals surface area contributed by atoms with Crippen molar-refractivity contribution in [2.24, 2.45) is 11.8 Å². The fourth-order valence-corrected chi connectivity index (χ4v) is 3.17. The van der Waals surface area contributed by atoms with Gasteiger partial charge in [-0.1, -0.05) is 31.9 Å². The summed E-state index contributed by atoms with van der Waals surface area (Å²) in [5, 5.41) is 0. The van der Waals surface area contributed by atoms with Gasteiger partial charge in [-0.05, 0) is 36.8 Å². The first-order valence-electron chi connectivity index (χ1n) is 7.12. The molecule has 3 rings (SSSR count). The molecular formula is C16H19NO2. The van der Waals surface area contributed by atoms with Gasteiger partial charge >= 0.3 is 0 Å². The number of rotatable bonds is 2. The van der Waals surface area contributed by atoms with E-state index in [1.807, 2.05) is 12.1 Å². The van der Waals surface area contributed by atoms with Crippen molar-refractivity contribution < 1.29 is 9.59 Å². The Morgan fingerprint density at radius 2 is 1.53 bits per heavy atom. The van der Waals surface area contributed by atoms with E-state index in [-0.39, 0.29) is 11.8 Å². The Morgan fingerprint density at radius 1 is 1.00 bits per heavy atom. The van der Waals surface area contributed by atoms with Crippen LogP contribution in [0.5, 0.6) is 0 Å². The molecule has 1 aromatic carbocycles. The van der Waals surface area contributed by atoms with Crippen LogP contribution >= 0.6 is 0 Å². The molecule has 0 bridgehead atoms. The fourth-order valence-electron chi connectivity index (χ4n) is 3.17. The number of nitrogens with zero attached hydrogens (tertiary/aromatic N) is 1. The molecule has 1 fully saturated rings. The Kier molecular flexibility index (Phi) is 3.13. The lowest BCUT2D eigenvalue weighted by Crippen LogP contribution is -2.35. The number of imide groups is 1. The number of hydrogen-bond acceptors (Lipinski definition) is 2. The standard InChI is InChI=1S/C16H19NO2/c1-11-6-8-12(9-7-11)10-17-15(18)13-4-2-3-5-14(13)16(17)19/h2-5,11-12H,6-10H2,1H3/t11-,12-. The Labute approximate surface area is 113 Å². The molecule has 1 aliphatic heterocycles. The monoisotopic (exact) mass is 257 g/mol. The molecule has 1 heterocycles. The Bertz CT molecular complexity index is 480. The van der Waals surface area contributed by atoms with Gasteiger partial charge < -0.3 is 0 Å². The summed E-state index contributed by atoms with van der Waals surface area (Å²) >= 11 is 0. The first-order chi connectivity index (χ1) is 9.16. The maximum Gasteiger partial charge on any atom is 0.261 e. The lowest BCUT2D eigenvalue weighted by molar-refractivity contribution is 0.0611. The summed E-state index contributed by atoms with van der Waals surface area (Å²) in [5.74, 6) is 1.05. The van der Waals surface area contributed by atoms with Crippen LogP contribution in [-0.4, -0.2) is 23.3 Å². The third-order valence-corrected chi connectivity index (χ3v) is 4.45. The van der Waals surface area contributed by atoms with Crippen molar-refractivity contribution in [3.05, 3.63) is 35.4 Å². The van der Waals surface area contributed by atoms with E-state index in [0.717, 1.165) is 18.8 Å². The van der Waals surface area contributed by atoms with Gasteiger partial charge in [0.05, 0.1) is 11.1 Å². The van der Waals surface area contributed by atoms with Crippen LogP contribution in [0.1, 0.15) is 53.3 Å². The summed E-state index contributed by atoms with van der Waals surface area (Å²) in [6, 6.07) is 7.13. The van der Waals surface area contributed by atoms with E-state index in [4.69, 9.17) is 0 Å². The highest BCUT2D eigenvalue weighted by Gasteiger charge is 2.36. The normalized spacial score (nSPS) is 26.7. The number of fused-ring (bicyclic) bond motifs is 1. The predicted molar refractivity (Wildman–Crippen MR) is 72.9 cm³/mol. The van der Waals surface area contributed by atoms with Gasteiger partial charge in [0.25, 0.3) is 11.8 Å². The number of amides is 2. The molecule has 1 aromatic rings. The minimum absolute atomic E-state index is 0.112. The van der Waals surface area contributed by atoms with Crippen LogP contribution < -0.4 is 0 Å². The van der Waals surface area contributed by atoms with E-state index in [1.165, 1.54) is 17.7 Å². The first kappa shape index (κ1) is 12.4. The summed E-state index contributed by atoms with van der Waals surface area (Å²) in [6.45, 7) is 2.87. The molecule has 0 saturated heterocycles. The molecule has 0 atom stereocenters. The molecule has 1 aliphatic carbocycles. The van der Waals surface area contributed by atoms with Crippen LogP contribution in [0.3, 0.4) is 0 Å². The molecule has 3 nitrogen and oxygen atoms in total. The molecular weight excluding hydrogens is 238 g/mol. The van der Waals surface area contributed by atoms with E-state index in [1.54, 1.807) is 12.1 Å². The van der Waals surface area contributed by atoms with Gasteiger partial charge in [0.15, 0.2) is 0 Å². The molecule has 0 unspecified atom stereocenters. The van der Waals surface area contributed by atoms with Gasteiger partial charge in [0.1, 0.15) is 0 Å². The zero-order valence-corrected chi connectivity index (χ0v) is 11.3. The molecule has 2 amide bonds. The van der Waals surface area contributed by atoms with Gasteiger partial charge in [0.2, 0.25) is 0 Å². The van der Waals surface area contributed by atoms with Gasteiger partial charge in [-0.25, -0.2) is 0 Å². The van der Waals surface area contributed by atoms with E-state index >= 15 is 0 Å². The summed E-state index contributed by atoms with van der Waals surface area (Å²) in [7, 11) is 0. The second kappa shape index (κ2) is 4.80. The predicted octanol–water partition coefficient (Wildman–Crippen LogP) is 3.11. The van der Waals surface area contributed by atoms with Crippen molar-refractivity contribution in [2.75, 3.05) is 6.54 Å². The lowest BCUT2D eigenvalue weighted by atomic mass is 9.83. The van der Waals surface area contributed by atoms with E-state index in [9.17, 15) is 9.59 Å². The highest BCUT2D eigenvalue weighted by Crippen LogP contribution is 2.31. The maximum absolute atomic E-state index is 12.3. The number of carbonyl (C=O) groups excluding carboxylic acids is 2. The maximum atomic E-state index is 12.3.